The van der Waals surface area contributed by atoms with Crippen molar-refractivity contribution in [1.82, 2.24) is 10.4 Å². The second-order valence-corrected chi connectivity index (χ2v) is 8.72. The highest BCUT2D eigenvalue weighted by molar-refractivity contribution is 7.80. The zero-order valence-electron chi connectivity index (χ0n) is 17.6. The van der Waals surface area contributed by atoms with Crippen LogP contribution in [0.1, 0.15) is 16.0 Å². The standard InChI is InChI=1S/C23H25N5OS2/c1-16-8-9-19(14-17(16)2)25-22(30)27-24-15-20-21(18-6-4-3-5-7-18)26-23(31-20)28-10-12-29-13-11-28/h3-9,14-15H,10-13H2,1-2H3,(H2,25,27,30). The largest absolute Gasteiger partial charge is 0.378 e. The molecule has 3 aromatic rings. The number of thiocarbonyl (C=S) groups is 1. The SMILES string of the molecule is Cc1ccc(NC(=S)NN=Cc2sc(N3CCOCC3)nc2-c2ccccc2)cc1C. The minimum Gasteiger partial charge on any atom is -0.378 e. The normalized spacial score (nSPS) is 14.1. The summed E-state index contributed by atoms with van der Waals surface area (Å²) >= 11 is 7.02. The molecule has 160 valence electrons. The second kappa shape index (κ2) is 10.00. The summed E-state index contributed by atoms with van der Waals surface area (Å²) in [5, 5.41) is 8.97. The number of thiazole rings is 1. The quantitative estimate of drug-likeness (QED) is 0.336. The summed E-state index contributed by atoms with van der Waals surface area (Å²) in [6, 6.07) is 16.3. The van der Waals surface area contributed by atoms with E-state index >= 15 is 0 Å². The first-order chi connectivity index (χ1) is 15.1. The predicted octanol–water partition coefficient (Wildman–Crippen LogP) is 4.58. The monoisotopic (exact) mass is 451 g/mol. The summed E-state index contributed by atoms with van der Waals surface area (Å²) in [5.41, 5.74) is 8.30. The number of benzene rings is 2. The molecule has 0 radical (unpaired) electrons. The molecule has 1 aliphatic rings. The van der Waals surface area contributed by atoms with Gasteiger partial charge in [-0.15, -0.1) is 0 Å². The lowest BCUT2D eigenvalue weighted by Crippen LogP contribution is -2.36. The van der Waals surface area contributed by atoms with Crippen LogP contribution < -0.4 is 15.6 Å². The molecule has 0 atom stereocenters. The number of hydrazone groups is 1. The molecule has 0 unspecified atom stereocenters. The fourth-order valence-electron chi connectivity index (χ4n) is 3.23. The third kappa shape index (κ3) is 5.46. The Hall–Kier alpha value is -2.81. The molecule has 0 amide bonds. The number of morpholine rings is 1. The number of ether oxygens (including phenoxy) is 1. The van der Waals surface area contributed by atoms with E-state index in [0.29, 0.717) is 5.11 Å². The van der Waals surface area contributed by atoms with Crippen LogP contribution in [0.5, 0.6) is 0 Å². The molecule has 0 spiro atoms. The van der Waals surface area contributed by atoms with Gasteiger partial charge >= 0.3 is 0 Å². The van der Waals surface area contributed by atoms with Crippen LogP contribution in [0, 0.1) is 13.8 Å². The number of nitrogens with one attached hydrogen (secondary N) is 2. The molecule has 8 heteroatoms. The van der Waals surface area contributed by atoms with E-state index in [1.807, 2.05) is 24.3 Å². The summed E-state index contributed by atoms with van der Waals surface area (Å²) in [6.07, 6.45) is 1.79. The second-order valence-electron chi connectivity index (χ2n) is 7.30. The topological polar surface area (TPSA) is 61.8 Å². The van der Waals surface area contributed by atoms with Crippen molar-refractivity contribution in [2.24, 2.45) is 5.10 Å². The molecule has 6 nitrogen and oxygen atoms in total. The molecule has 0 bridgehead atoms. The first-order valence-corrected chi connectivity index (χ1v) is 11.4. The highest BCUT2D eigenvalue weighted by atomic mass is 32.1. The summed E-state index contributed by atoms with van der Waals surface area (Å²) < 4.78 is 5.47. The van der Waals surface area contributed by atoms with Crippen LogP contribution in [0.4, 0.5) is 10.8 Å². The highest BCUT2D eigenvalue weighted by Gasteiger charge is 2.18. The third-order valence-electron chi connectivity index (χ3n) is 5.08. The summed E-state index contributed by atoms with van der Waals surface area (Å²) in [5.74, 6) is 0. The average molecular weight is 452 g/mol. The molecule has 2 aromatic carbocycles. The molecular weight excluding hydrogens is 426 g/mol. The van der Waals surface area contributed by atoms with Crippen molar-refractivity contribution >= 4 is 45.7 Å². The Morgan fingerprint density at radius 2 is 1.90 bits per heavy atom. The zero-order valence-corrected chi connectivity index (χ0v) is 19.2. The molecule has 2 heterocycles. The van der Waals surface area contributed by atoms with E-state index < -0.39 is 0 Å². The first kappa shape index (κ1) is 21.4. The van der Waals surface area contributed by atoms with Crippen LogP contribution in [0.3, 0.4) is 0 Å². The molecule has 0 aliphatic carbocycles. The van der Waals surface area contributed by atoms with Gasteiger partial charge in [0.25, 0.3) is 0 Å². The van der Waals surface area contributed by atoms with Crippen molar-refractivity contribution in [3.8, 4) is 11.3 Å². The average Bonchev–Trinajstić information content (AvgIpc) is 3.22. The Morgan fingerprint density at radius 1 is 1.13 bits per heavy atom. The number of anilines is 2. The third-order valence-corrected chi connectivity index (χ3v) is 6.33. The first-order valence-electron chi connectivity index (χ1n) is 10.2. The lowest BCUT2D eigenvalue weighted by molar-refractivity contribution is 0.122. The highest BCUT2D eigenvalue weighted by Crippen LogP contribution is 2.32. The van der Waals surface area contributed by atoms with Crippen molar-refractivity contribution in [1.29, 1.82) is 0 Å². The van der Waals surface area contributed by atoms with Crippen molar-refractivity contribution in [2.45, 2.75) is 13.8 Å². The van der Waals surface area contributed by atoms with E-state index in [4.69, 9.17) is 21.9 Å². The molecule has 31 heavy (non-hydrogen) atoms. The van der Waals surface area contributed by atoms with Crippen LogP contribution in [0.2, 0.25) is 0 Å². The number of hydrogen-bond donors (Lipinski definition) is 2. The number of aryl methyl sites for hydroxylation is 2. The number of hydrogen-bond acceptors (Lipinski definition) is 6. The van der Waals surface area contributed by atoms with Crippen LogP contribution >= 0.6 is 23.6 Å². The zero-order chi connectivity index (χ0) is 21.6. The van der Waals surface area contributed by atoms with Gasteiger partial charge in [0.1, 0.15) is 0 Å². The van der Waals surface area contributed by atoms with Gasteiger partial charge in [-0.2, -0.15) is 5.10 Å². The Kier molecular flexibility index (Phi) is 6.91. The van der Waals surface area contributed by atoms with Crippen LogP contribution in [-0.2, 0) is 4.74 Å². The van der Waals surface area contributed by atoms with Gasteiger partial charge in [0.2, 0.25) is 0 Å². The fourth-order valence-corrected chi connectivity index (χ4v) is 4.41. The minimum absolute atomic E-state index is 0.443. The molecule has 1 saturated heterocycles. The maximum absolute atomic E-state index is 5.47. The molecule has 1 aromatic heterocycles. The van der Waals surface area contributed by atoms with Gasteiger partial charge < -0.3 is 15.0 Å². The van der Waals surface area contributed by atoms with E-state index in [1.54, 1.807) is 17.6 Å². The molecule has 1 aliphatic heterocycles. The maximum atomic E-state index is 5.47. The van der Waals surface area contributed by atoms with Crippen molar-refractivity contribution in [3.63, 3.8) is 0 Å². The maximum Gasteiger partial charge on any atom is 0.191 e. The molecule has 2 N–H and O–H groups in total. The minimum atomic E-state index is 0.443. The van der Waals surface area contributed by atoms with Gasteiger partial charge in [-0.05, 0) is 49.3 Å². The summed E-state index contributed by atoms with van der Waals surface area (Å²) in [6.45, 7) is 7.31. The molecular formula is C23H25N5OS2. The lowest BCUT2D eigenvalue weighted by atomic mass is 10.1. The molecule has 1 fully saturated rings. The van der Waals surface area contributed by atoms with Gasteiger partial charge in [-0.3, -0.25) is 5.43 Å². The Morgan fingerprint density at radius 3 is 2.65 bits per heavy atom. The van der Waals surface area contributed by atoms with E-state index in [-0.39, 0.29) is 0 Å². The number of nitrogens with zero attached hydrogens (tertiary/aromatic N) is 3. The van der Waals surface area contributed by atoms with E-state index in [0.717, 1.165) is 53.3 Å². The Bertz CT molecular complexity index is 1070. The van der Waals surface area contributed by atoms with Gasteiger partial charge in [0.05, 0.1) is 30.0 Å². The summed E-state index contributed by atoms with van der Waals surface area (Å²) in [7, 11) is 0. The molecule has 0 saturated carbocycles. The van der Waals surface area contributed by atoms with Crippen LogP contribution in [0.25, 0.3) is 11.3 Å². The molecule has 4 rings (SSSR count). The predicted molar refractivity (Wildman–Crippen MR) is 133 cm³/mol. The van der Waals surface area contributed by atoms with Gasteiger partial charge in [0, 0.05) is 24.3 Å². The van der Waals surface area contributed by atoms with E-state index in [9.17, 15) is 0 Å². The van der Waals surface area contributed by atoms with Gasteiger partial charge in [-0.25, -0.2) is 4.98 Å². The van der Waals surface area contributed by atoms with Crippen LogP contribution in [-0.4, -0.2) is 42.6 Å². The Labute approximate surface area is 192 Å². The fraction of sp³-hybridized carbons (Fsp3) is 0.261. The van der Waals surface area contributed by atoms with Crippen molar-refractivity contribution in [2.75, 3.05) is 36.5 Å². The van der Waals surface area contributed by atoms with E-state index in [1.165, 1.54) is 11.1 Å². The van der Waals surface area contributed by atoms with Gasteiger partial charge in [0.15, 0.2) is 10.2 Å². The number of aromatic nitrogens is 1. The van der Waals surface area contributed by atoms with Crippen molar-refractivity contribution < 1.29 is 4.74 Å². The number of rotatable bonds is 5. The Balaban J connectivity index is 1.49. The lowest BCUT2D eigenvalue weighted by Gasteiger charge is -2.26. The summed E-state index contributed by atoms with van der Waals surface area (Å²) in [4.78, 5) is 8.15. The van der Waals surface area contributed by atoms with E-state index in [2.05, 4.69) is 58.9 Å². The van der Waals surface area contributed by atoms with Crippen molar-refractivity contribution in [3.05, 3.63) is 64.5 Å². The smallest absolute Gasteiger partial charge is 0.191 e. The van der Waals surface area contributed by atoms with Gasteiger partial charge in [-0.1, -0.05) is 47.7 Å². The van der Waals surface area contributed by atoms with Crippen LogP contribution in [0.15, 0.2) is 53.6 Å².